The van der Waals surface area contributed by atoms with Crippen LogP contribution in [0.5, 0.6) is 17.4 Å². The van der Waals surface area contributed by atoms with E-state index in [9.17, 15) is 4.79 Å². The maximum Gasteiger partial charge on any atom is 0.344 e. The highest BCUT2D eigenvalue weighted by molar-refractivity contribution is 6.33. The molecule has 208 valence electrons. The summed E-state index contributed by atoms with van der Waals surface area (Å²) >= 11 is 6.49. The van der Waals surface area contributed by atoms with Crippen molar-refractivity contribution in [2.75, 3.05) is 0 Å². The number of hydrogen-bond acceptors (Lipinski definition) is 7. The lowest BCUT2D eigenvalue weighted by Crippen LogP contribution is -2.22. The molecular formula is C34H21ClN4O4. The van der Waals surface area contributed by atoms with Crippen molar-refractivity contribution in [2.24, 2.45) is 0 Å². The van der Waals surface area contributed by atoms with E-state index in [1.807, 2.05) is 91.0 Å². The van der Waals surface area contributed by atoms with Gasteiger partial charge in [-0.25, -0.2) is 19.3 Å². The summed E-state index contributed by atoms with van der Waals surface area (Å²) in [7, 11) is 0. The summed E-state index contributed by atoms with van der Waals surface area (Å²) in [6.07, 6.45) is 1.55. The Hall–Kier alpha value is -5.47. The molecule has 4 heterocycles. The lowest BCUT2D eigenvalue weighted by molar-refractivity contribution is 0.306. The fraction of sp³-hybridized carbons (Fsp3) is 0.0588. The maximum atomic E-state index is 13.7. The van der Waals surface area contributed by atoms with E-state index in [4.69, 9.17) is 30.5 Å². The number of halogens is 1. The van der Waals surface area contributed by atoms with Crippen molar-refractivity contribution in [3.8, 4) is 28.8 Å². The molecule has 7 aromatic rings. The van der Waals surface area contributed by atoms with Gasteiger partial charge < -0.3 is 13.9 Å². The number of rotatable bonds is 5. The first-order valence-corrected chi connectivity index (χ1v) is 14.0. The topological polar surface area (TPSA) is 91.8 Å². The second-order valence-electron chi connectivity index (χ2n) is 10.2. The fourth-order valence-electron chi connectivity index (χ4n) is 5.54. The van der Waals surface area contributed by atoms with Gasteiger partial charge in [0.1, 0.15) is 24.3 Å². The van der Waals surface area contributed by atoms with Crippen LogP contribution in [-0.2, 0) is 6.61 Å². The number of para-hydroxylation sites is 1. The monoisotopic (exact) mass is 584 g/mol. The predicted molar refractivity (Wildman–Crippen MR) is 162 cm³/mol. The Bertz CT molecular complexity index is 2230. The van der Waals surface area contributed by atoms with Crippen molar-refractivity contribution in [3.63, 3.8) is 0 Å². The predicted octanol–water partition coefficient (Wildman–Crippen LogP) is 7.42. The van der Waals surface area contributed by atoms with Crippen LogP contribution in [0.1, 0.15) is 28.2 Å². The lowest BCUT2D eigenvalue weighted by Gasteiger charge is -2.27. The lowest BCUT2D eigenvalue weighted by atomic mass is 9.84. The van der Waals surface area contributed by atoms with Crippen molar-refractivity contribution < 1.29 is 13.9 Å². The minimum absolute atomic E-state index is 0.328. The SMILES string of the molecule is O=c1oc2ccccc2c2c1C(c1cccc(OCc3ccccc3)c1)c1c(ncn3nc(-c4ccccc4Cl)nc13)O2. The number of fused-ring (bicyclic) bond motifs is 6. The summed E-state index contributed by atoms with van der Waals surface area (Å²) in [5, 5.41) is 5.86. The van der Waals surface area contributed by atoms with Gasteiger partial charge in [-0.05, 0) is 47.5 Å². The van der Waals surface area contributed by atoms with E-state index in [1.54, 1.807) is 23.0 Å². The van der Waals surface area contributed by atoms with E-state index in [0.29, 0.717) is 68.1 Å². The Morgan fingerprint density at radius 3 is 2.58 bits per heavy atom. The summed E-state index contributed by atoms with van der Waals surface area (Å²) in [5.41, 5.74) is 3.85. The zero-order valence-corrected chi connectivity index (χ0v) is 23.2. The number of ether oxygens (including phenoxy) is 2. The third-order valence-electron chi connectivity index (χ3n) is 7.52. The highest BCUT2D eigenvalue weighted by atomic mass is 35.5. The van der Waals surface area contributed by atoms with Crippen LogP contribution < -0.4 is 15.1 Å². The van der Waals surface area contributed by atoms with E-state index < -0.39 is 11.5 Å². The Labute approximate surface area is 249 Å². The van der Waals surface area contributed by atoms with Crippen molar-refractivity contribution in [1.29, 1.82) is 0 Å². The van der Waals surface area contributed by atoms with Crippen molar-refractivity contribution in [1.82, 2.24) is 19.6 Å². The standard InChI is InChI=1S/C34H21ClN4O4/c35-25-15-6-4-13-23(25)31-37-32-29-27(21-11-8-12-22(17-21)41-18-20-9-2-1-3-10-20)28-30(43-33(29)36-19-39(32)38-31)24-14-5-7-16-26(24)42-34(28)40/h1-17,19,27H,18H2. The molecule has 1 unspecified atom stereocenters. The second kappa shape index (κ2) is 10.1. The van der Waals surface area contributed by atoms with Crippen LogP contribution in [0.15, 0.2) is 119 Å². The van der Waals surface area contributed by atoms with Crippen LogP contribution in [0, 0.1) is 0 Å². The van der Waals surface area contributed by atoms with Crippen LogP contribution in [0.25, 0.3) is 28.0 Å². The number of benzene rings is 4. The first-order valence-electron chi connectivity index (χ1n) is 13.6. The highest BCUT2D eigenvalue weighted by Gasteiger charge is 2.37. The van der Waals surface area contributed by atoms with Gasteiger partial charge in [-0.1, -0.05) is 78.3 Å². The van der Waals surface area contributed by atoms with Gasteiger partial charge in [0.2, 0.25) is 5.88 Å². The van der Waals surface area contributed by atoms with E-state index in [-0.39, 0.29) is 0 Å². The van der Waals surface area contributed by atoms with E-state index in [1.165, 1.54) is 0 Å². The molecule has 0 N–H and O–H groups in total. The summed E-state index contributed by atoms with van der Waals surface area (Å²) in [4.78, 5) is 23.2. The number of hydrogen-bond donors (Lipinski definition) is 0. The number of aromatic nitrogens is 4. The molecule has 0 radical (unpaired) electrons. The van der Waals surface area contributed by atoms with Gasteiger partial charge in [0.25, 0.3) is 0 Å². The maximum absolute atomic E-state index is 13.7. The summed E-state index contributed by atoms with van der Waals surface area (Å²) in [5.74, 6) is 1.17. The summed E-state index contributed by atoms with van der Waals surface area (Å²) in [6, 6.07) is 32.3. The molecule has 43 heavy (non-hydrogen) atoms. The van der Waals surface area contributed by atoms with Gasteiger partial charge in [0, 0.05) is 5.56 Å². The van der Waals surface area contributed by atoms with Gasteiger partial charge in [0.15, 0.2) is 17.2 Å². The molecule has 0 spiro atoms. The molecule has 0 aliphatic carbocycles. The molecule has 0 amide bonds. The molecule has 3 aromatic heterocycles. The molecule has 8 nitrogen and oxygen atoms in total. The average Bonchev–Trinajstić information content (AvgIpc) is 3.48. The Kier molecular flexibility index (Phi) is 5.94. The first-order chi connectivity index (χ1) is 21.1. The molecule has 1 aliphatic heterocycles. The third-order valence-corrected chi connectivity index (χ3v) is 7.85. The van der Waals surface area contributed by atoms with Crippen LogP contribution in [-0.4, -0.2) is 19.6 Å². The molecule has 0 saturated heterocycles. The van der Waals surface area contributed by atoms with Gasteiger partial charge >= 0.3 is 5.63 Å². The third kappa shape index (κ3) is 4.31. The molecule has 0 saturated carbocycles. The van der Waals surface area contributed by atoms with Crippen LogP contribution in [0.3, 0.4) is 0 Å². The molecule has 9 heteroatoms. The molecule has 8 rings (SSSR count). The summed E-state index contributed by atoms with van der Waals surface area (Å²) in [6.45, 7) is 0.398. The van der Waals surface area contributed by atoms with E-state index in [0.717, 1.165) is 11.1 Å². The zero-order chi connectivity index (χ0) is 28.9. The van der Waals surface area contributed by atoms with Crippen molar-refractivity contribution in [3.05, 3.63) is 147 Å². The minimum atomic E-state index is -0.639. The number of nitrogens with zero attached hydrogens (tertiary/aromatic N) is 4. The molecule has 1 atom stereocenters. The minimum Gasteiger partial charge on any atom is -0.489 e. The smallest absolute Gasteiger partial charge is 0.344 e. The molecule has 1 aliphatic rings. The van der Waals surface area contributed by atoms with Crippen LogP contribution in [0.4, 0.5) is 0 Å². The van der Waals surface area contributed by atoms with Gasteiger partial charge in [-0.2, -0.15) is 0 Å². The Balaban J connectivity index is 1.34. The average molecular weight is 585 g/mol. The van der Waals surface area contributed by atoms with E-state index in [2.05, 4.69) is 10.1 Å². The van der Waals surface area contributed by atoms with E-state index >= 15 is 0 Å². The van der Waals surface area contributed by atoms with Gasteiger partial charge in [0.05, 0.1) is 27.5 Å². The normalized spacial score (nSPS) is 13.8. The second-order valence-corrected chi connectivity index (χ2v) is 10.6. The molecule has 0 bridgehead atoms. The largest absolute Gasteiger partial charge is 0.489 e. The molecule has 0 fully saturated rings. The molecular weight excluding hydrogens is 564 g/mol. The quantitative estimate of drug-likeness (QED) is 0.194. The zero-order valence-electron chi connectivity index (χ0n) is 22.5. The fourth-order valence-corrected chi connectivity index (χ4v) is 5.76. The summed E-state index contributed by atoms with van der Waals surface area (Å²) < 4.78 is 20.0. The molecule has 4 aromatic carbocycles. The van der Waals surface area contributed by atoms with Crippen molar-refractivity contribution in [2.45, 2.75) is 12.5 Å². The van der Waals surface area contributed by atoms with Crippen molar-refractivity contribution >= 4 is 28.2 Å². The first kappa shape index (κ1) is 25.3. The van der Waals surface area contributed by atoms with Gasteiger partial charge in [-0.3, -0.25) is 0 Å². The van der Waals surface area contributed by atoms with Gasteiger partial charge in [-0.15, -0.1) is 5.10 Å². The Morgan fingerprint density at radius 1 is 0.884 bits per heavy atom. The van der Waals surface area contributed by atoms with Crippen LogP contribution in [0.2, 0.25) is 5.02 Å². The van der Waals surface area contributed by atoms with Crippen LogP contribution >= 0.6 is 11.6 Å². The highest BCUT2D eigenvalue weighted by Crippen LogP contribution is 2.49. The Morgan fingerprint density at radius 2 is 1.70 bits per heavy atom.